The summed E-state index contributed by atoms with van der Waals surface area (Å²) in [6.07, 6.45) is 16.2. The standard InChI is InChI=1S/C8H8O.C7H15NO.2C3H5N3.C2H4O.C2H6S2/c1-6-3-4-7(2)8(9)5-6;1-3-5-6-8-7(9)4-2;2*1-3-2-4-6-5-3;1-2-3;1-3-4-2/h3-5H,2H2,1H3;3-6H2,1-2H3,(H,8,9);2*2H,1H3,(H,4,5,6);2H,1H3;1-2H3. The Labute approximate surface area is 229 Å². The lowest BCUT2D eigenvalue weighted by Gasteiger charge is -2.00. The number of carbonyl (C=O) groups excluding carboxylic acids is 3. The lowest BCUT2D eigenvalue weighted by Crippen LogP contribution is -2.22. The Morgan fingerprint density at radius 3 is 1.76 bits per heavy atom. The monoisotopic (exact) mass is 553 g/mol. The largest absolute Gasteiger partial charge is 0.356 e. The van der Waals surface area contributed by atoms with E-state index in [0.29, 0.717) is 12.0 Å². The van der Waals surface area contributed by atoms with Crippen molar-refractivity contribution in [2.24, 2.45) is 0 Å². The smallest absolute Gasteiger partial charge is 0.219 e. The van der Waals surface area contributed by atoms with Crippen LogP contribution in [-0.4, -0.2) is 67.9 Å². The van der Waals surface area contributed by atoms with Crippen LogP contribution >= 0.6 is 21.6 Å². The fraction of sp³-hybridized carbons (Fsp3) is 0.480. The number of nitrogens with one attached hydrogen (secondary N) is 3. The number of allylic oxidation sites excluding steroid dienone is 5. The summed E-state index contributed by atoms with van der Waals surface area (Å²) in [6.45, 7) is 15.4. The van der Waals surface area contributed by atoms with Gasteiger partial charge < -0.3 is 10.1 Å². The molecule has 208 valence electrons. The zero-order chi connectivity index (χ0) is 28.9. The number of aromatic amines is 2. The normalized spacial score (nSPS) is 10.6. The van der Waals surface area contributed by atoms with Crippen molar-refractivity contribution in [2.75, 3.05) is 19.1 Å². The lowest BCUT2D eigenvalue weighted by atomic mass is 10.0. The molecule has 0 radical (unpaired) electrons. The van der Waals surface area contributed by atoms with Gasteiger partial charge in [-0.2, -0.15) is 30.8 Å². The molecule has 0 saturated carbocycles. The van der Waals surface area contributed by atoms with Gasteiger partial charge >= 0.3 is 0 Å². The second-order valence-corrected chi connectivity index (χ2v) is 9.63. The van der Waals surface area contributed by atoms with Crippen LogP contribution in [0.15, 0.2) is 48.3 Å². The molecule has 3 N–H and O–H groups in total. The molecule has 1 aliphatic carbocycles. The van der Waals surface area contributed by atoms with Crippen LogP contribution in [-0.2, 0) is 14.4 Å². The summed E-state index contributed by atoms with van der Waals surface area (Å²) in [4.78, 5) is 30.2. The van der Waals surface area contributed by atoms with Gasteiger partial charge in [-0.1, -0.05) is 60.6 Å². The van der Waals surface area contributed by atoms with E-state index in [-0.39, 0.29) is 11.7 Å². The van der Waals surface area contributed by atoms with Gasteiger partial charge in [0, 0.05) is 18.5 Å². The first-order chi connectivity index (χ1) is 17.6. The van der Waals surface area contributed by atoms with Crippen LogP contribution in [0.5, 0.6) is 0 Å². The van der Waals surface area contributed by atoms with Crippen molar-refractivity contribution < 1.29 is 14.4 Å². The Morgan fingerprint density at radius 1 is 1.03 bits per heavy atom. The molecule has 1 amide bonds. The van der Waals surface area contributed by atoms with Crippen molar-refractivity contribution in [3.8, 4) is 0 Å². The van der Waals surface area contributed by atoms with Crippen LogP contribution in [0, 0.1) is 13.8 Å². The minimum Gasteiger partial charge on any atom is -0.356 e. The molecule has 0 atom stereocenters. The molecular weight excluding hydrogens is 510 g/mol. The van der Waals surface area contributed by atoms with Crippen molar-refractivity contribution in [1.29, 1.82) is 0 Å². The van der Waals surface area contributed by atoms with Gasteiger partial charge in [-0.05, 0) is 58.3 Å². The Balaban J connectivity index is -0.000000389. The molecule has 0 bridgehead atoms. The van der Waals surface area contributed by atoms with E-state index in [1.807, 2.05) is 33.8 Å². The van der Waals surface area contributed by atoms with Crippen molar-refractivity contribution in [3.05, 3.63) is 59.7 Å². The minimum atomic E-state index is 0.0231. The van der Waals surface area contributed by atoms with Gasteiger partial charge in [-0.3, -0.25) is 9.59 Å². The van der Waals surface area contributed by atoms with Crippen molar-refractivity contribution in [1.82, 2.24) is 36.1 Å². The molecular formula is C25H43N7O3S2. The van der Waals surface area contributed by atoms with E-state index in [9.17, 15) is 9.59 Å². The van der Waals surface area contributed by atoms with Gasteiger partial charge in [-0.25, -0.2) is 0 Å². The van der Waals surface area contributed by atoms with Crippen molar-refractivity contribution in [3.63, 3.8) is 0 Å². The third-order valence-electron chi connectivity index (χ3n) is 3.63. The van der Waals surface area contributed by atoms with Crippen molar-refractivity contribution in [2.45, 2.75) is 60.8 Å². The quantitative estimate of drug-likeness (QED) is 0.201. The number of amides is 1. The Hall–Kier alpha value is -2.99. The molecule has 0 fully saturated rings. The Bertz CT molecular complexity index is 848. The van der Waals surface area contributed by atoms with E-state index in [2.05, 4.69) is 62.2 Å². The summed E-state index contributed by atoms with van der Waals surface area (Å²) in [5, 5.41) is 22.2. The number of aryl methyl sites for hydroxylation is 2. The second kappa shape index (κ2) is 29.2. The summed E-state index contributed by atoms with van der Waals surface area (Å²) in [5.41, 5.74) is 3.41. The fourth-order valence-electron chi connectivity index (χ4n) is 1.71. The number of hydrogen-bond acceptors (Lipinski definition) is 9. The molecule has 10 nitrogen and oxygen atoms in total. The maximum atomic E-state index is 10.8. The molecule has 12 heteroatoms. The highest BCUT2D eigenvalue weighted by atomic mass is 33.1. The molecule has 0 aliphatic heterocycles. The summed E-state index contributed by atoms with van der Waals surface area (Å²) in [7, 11) is 3.55. The molecule has 2 heterocycles. The van der Waals surface area contributed by atoms with E-state index in [1.165, 1.54) is 6.92 Å². The van der Waals surface area contributed by atoms with Crippen LogP contribution in [0.1, 0.15) is 58.3 Å². The summed E-state index contributed by atoms with van der Waals surface area (Å²) >= 11 is 0. The van der Waals surface area contributed by atoms with Gasteiger partial charge in [-0.15, -0.1) is 0 Å². The molecule has 2 aromatic rings. The topological polar surface area (TPSA) is 146 Å². The molecule has 2 aromatic heterocycles. The van der Waals surface area contributed by atoms with E-state index in [1.54, 1.807) is 46.1 Å². The number of H-pyrrole nitrogens is 2. The second-order valence-electron chi connectivity index (χ2n) is 6.96. The van der Waals surface area contributed by atoms with Crippen LogP contribution in [0.25, 0.3) is 0 Å². The van der Waals surface area contributed by atoms with E-state index in [0.717, 1.165) is 42.6 Å². The first kappa shape index (κ1) is 38.5. The van der Waals surface area contributed by atoms with E-state index in [4.69, 9.17) is 4.79 Å². The average Bonchev–Trinajstić information content (AvgIpc) is 3.57. The summed E-state index contributed by atoms with van der Waals surface area (Å²) in [6, 6.07) is 0. The predicted molar refractivity (Wildman–Crippen MR) is 156 cm³/mol. The first-order valence-electron chi connectivity index (χ1n) is 11.6. The lowest BCUT2D eigenvalue weighted by molar-refractivity contribution is -0.120. The van der Waals surface area contributed by atoms with Crippen LogP contribution in [0.3, 0.4) is 0 Å². The molecule has 0 spiro atoms. The fourth-order valence-corrected chi connectivity index (χ4v) is 1.71. The number of carbonyl (C=O) groups is 3. The number of aldehydes is 1. The van der Waals surface area contributed by atoms with E-state index >= 15 is 0 Å². The maximum Gasteiger partial charge on any atom is 0.219 e. The molecule has 3 rings (SSSR count). The maximum absolute atomic E-state index is 10.8. The molecule has 37 heavy (non-hydrogen) atoms. The highest BCUT2D eigenvalue weighted by Gasteiger charge is 2.03. The summed E-state index contributed by atoms with van der Waals surface area (Å²) in [5.74, 6) is 0.179. The zero-order valence-electron chi connectivity index (χ0n) is 23.3. The third-order valence-corrected chi connectivity index (χ3v) is 4.97. The Kier molecular flexibility index (Phi) is 30.5. The number of rotatable bonds is 5. The molecule has 0 unspecified atom stereocenters. The number of hydrogen-bond donors (Lipinski definition) is 3. The third kappa shape index (κ3) is 31.0. The van der Waals surface area contributed by atoms with Crippen molar-refractivity contribution >= 4 is 39.6 Å². The van der Waals surface area contributed by atoms with Gasteiger partial charge in [0.2, 0.25) is 5.91 Å². The number of unbranched alkanes of at least 4 members (excludes halogenated alkanes) is 1. The SMILES string of the molecule is C=C1C=CC(C)=CC1=O.CC=O.CCCCNC(=O)CC.CSSC.Cc1cn[nH]n1.Cc1cn[nH]n1. The summed E-state index contributed by atoms with van der Waals surface area (Å²) < 4.78 is 0. The number of aromatic nitrogens is 6. The molecule has 0 saturated heterocycles. The average molecular weight is 554 g/mol. The van der Waals surface area contributed by atoms with E-state index < -0.39 is 0 Å². The number of ketones is 1. The number of nitrogens with zero attached hydrogens (tertiary/aromatic N) is 4. The highest BCUT2D eigenvalue weighted by Crippen LogP contribution is 2.09. The van der Waals surface area contributed by atoms with Gasteiger partial charge in [0.25, 0.3) is 0 Å². The van der Waals surface area contributed by atoms with Gasteiger partial charge in [0.05, 0.1) is 23.8 Å². The van der Waals surface area contributed by atoms with Crippen LogP contribution in [0.4, 0.5) is 0 Å². The molecule has 0 aromatic carbocycles. The Morgan fingerprint density at radius 2 is 1.51 bits per heavy atom. The highest BCUT2D eigenvalue weighted by molar-refractivity contribution is 8.76. The van der Waals surface area contributed by atoms with Gasteiger partial charge in [0.15, 0.2) is 5.78 Å². The first-order valence-corrected chi connectivity index (χ1v) is 14.6. The van der Waals surface area contributed by atoms with Gasteiger partial charge in [0.1, 0.15) is 6.29 Å². The zero-order valence-corrected chi connectivity index (χ0v) is 25.0. The molecule has 1 aliphatic rings. The van der Waals surface area contributed by atoms with Crippen LogP contribution in [0.2, 0.25) is 0 Å². The minimum absolute atomic E-state index is 0.0231. The predicted octanol–water partition coefficient (Wildman–Crippen LogP) is 5.00. The van der Waals surface area contributed by atoms with Crippen LogP contribution < -0.4 is 5.32 Å².